The monoisotopic (exact) mass is 506 g/mol. The molecule has 2 amide bonds. The molecular weight excluding hydrogens is 482 g/mol. The molecule has 0 aliphatic heterocycles. The Labute approximate surface area is 197 Å². The topological polar surface area (TPSA) is 76.5 Å². The van der Waals surface area contributed by atoms with Crippen molar-refractivity contribution in [3.63, 3.8) is 0 Å². The zero-order valence-corrected chi connectivity index (χ0v) is 18.9. The molecule has 13 heteroatoms. The van der Waals surface area contributed by atoms with Gasteiger partial charge in [-0.05, 0) is 44.4 Å². The molecule has 1 aliphatic carbocycles. The second kappa shape index (κ2) is 10.2. The predicted octanol–water partition coefficient (Wildman–Crippen LogP) is 4.92. The van der Waals surface area contributed by atoms with E-state index in [0.29, 0.717) is 19.3 Å². The number of ether oxygens (including phenoxy) is 1. The van der Waals surface area contributed by atoms with Crippen LogP contribution in [0.2, 0.25) is 0 Å². The van der Waals surface area contributed by atoms with Crippen molar-refractivity contribution in [2.24, 2.45) is 5.92 Å². The molecule has 2 atom stereocenters. The summed E-state index contributed by atoms with van der Waals surface area (Å²) >= 11 is 0. The van der Waals surface area contributed by atoms with E-state index in [1.165, 1.54) is 31.0 Å². The smallest absolute Gasteiger partial charge is 0.406 e. The molecule has 2 aromatic rings. The molecule has 0 radical (unpaired) electrons. The maximum atomic E-state index is 12.9. The maximum absolute atomic E-state index is 12.9. The number of hydrogen-bond donors (Lipinski definition) is 1. The number of hydrogen-bond acceptors (Lipinski definition) is 4. The first kappa shape index (κ1) is 26.4. The van der Waals surface area contributed by atoms with E-state index >= 15 is 0 Å². The summed E-state index contributed by atoms with van der Waals surface area (Å²) in [5.74, 6) is -2.16. The molecule has 192 valence electrons. The van der Waals surface area contributed by atoms with Crippen LogP contribution >= 0.6 is 0 Å². The van der Waals surface area contributed by atoms with Crippen LogP contribution in [0.5, 0.6) is 5.75 Å². The van der Waals surface area contributed by atoms with Crippen molar-refractivity contribution >= 4 is 17.6 Å². The van der Waals surface area contributed by atoms with Crippen LogP contribution in [0.25, 0.3) is 0 Å². The van der Waals surface area contributed by atoms with Gasteiger partial charge in [-0.2, -0.15) is 13.2 Å². The Balaban J connectivity index is 1.67. The number of carbonyl (C=O) groups is 2. The highest BCUT2D eigenvalue weighted by Crippen LogP contribution is 2.31. The summed E-state index contributed by atoms with van der Waals surface area (Å²) in [5.41, 5.74) is 0.232. The van der Waals surface area contributed by atoms with Gasteiger partial charge in [0.25, 0.3) is 5.91 Å². The minimum Gasteiger partial charge on any atom is -0.406 e. The van der Waals surface area contributed by atoms with Gasteiger partial charge in [-0.3, -0.25) is 9.59 Å². The lowest BCUT2D eigenvalue weighted by atomic mass is 9.84. The SMILES string of the molecule is Cc1ncn(CC(F)(F)F)c1NC(=O)C1CCCC(N(C)C(=O)c2cccc(OC(F)(F)F)c2)C1. The molecule has 1 aliphatic rings. The van der Waals surface area contributed by atoms with Gasteiger partial charge in [0.1, 0.15) is 18.1 Å². The van der Waals surface area contributed by atoms with Crippen molar-refractivity contribution in [3.05, 3.63) is 41.9 Å². The summed E-state index contributed by atoms with van der Waals surface area (Å²) in [6, 6.07) is 4.31. The van der Waals surface area contributed by atoms with Gasteiger partial charge in [0.2, 0.25) is 5.91 Å². The van der Waals surface area contributed by atoms with E-state index in [2.05, 4.69) is 15.0 Å². The number of carbonyl (C=O) groups excluding carboxylic acids is 2. The molecule has 1 heterocycles. The second-order valence-electron chi connectivity index (χ2n) is 8.42. The van der Waals surface area contributed by atoms with E-state index in [0.717, 1.165) is 23.0 Å². The first-order valence-electron chi connectivity index (χ1n) is 10.8. The van der Waals surface area contributed by atoms with Crippen molar-refractivity contribution in [2.75, 3.05) is 12.4 Å². The average molecular weight is 506 g/mol. The Hall–Kier alpha value is -3.25. The highest BCUT2D eigenvalue weighted by Gasteiger charge is 2.34. The fraction of sp³-hybridized carbons (Fsp3) is 0.500. The number of rotatable bonds is 6. The lowest BCUT2D eigenvalue weighted by Gasteiger charge is -2.35. The lowest BCUT2D eigenvalue weighted by Crippen LogP contribution is -2.42. The third kappa shape index (κ3) is 7.12. The number of halogens is 6. The van der Waals surface area contributed by atoms with E-state index in [9.17, 15) is 35.9 Å². The Morgan fingerprint density at radius 3 is 2.57 bits per heavy atom. The number of nitrogens with zero attached hydrogens (tertiary/aromatic N) is 3. The van der Waals surface area contributed by atoms with Crippen molar-refractivity contribution in [1.29, 1.82) is 0 Å². The molecule has 0 bridgehead atoms. The number of aromatic nitrogens is 2. The Bertz CT molecular complexity index is 1070. The van der Waals surface area contributed by atoms with Crippen LogP contribution in [0.4, 0.5) is 32.2 Å². The number of alkyl halides is 6. The average Bonchev–Trinajstić information content (AvgIpc) is 3.09. The van der Waals surface area contributed by atoms with Gasteiger partial charge in [0.05, 0.1) is 12.0 Å². The van der Waals surface area contributed by atoms with Gasteiger partial charge in [0, 0.05) is 24.6 Å². The quantitative estimate of drug-likeness (QED) is 0.565. The zero-order chi connectivity index (χ0) is 26.0. The van der Waals surface area contributed by atoms with Gasteiger partial charge in [-0.15, -0.1) is 13.2 Å². The fourth-order valence-electron chi connectivity index (χ4n) is 4.13. The van der Waals surface area contributed by atoms with Crippen LogP contribution in [0.3, 0.4) is 0 Å². The maximum Gasteiger partial charge on any atom is 0.573 e. The van der Waals surface area contributed by atoms with Crippen LogP contribution in [-0.4, -0.2) is 51.9 Å². The van der Waals surface area contributed by atoms with Gasteiger partial charge in [0.15, 0.2) is 0 Å². The Morgan fingerprint density at radius 2 is 1.91 bits per heavy atom. The van der Waals surface area contributed by atoms with Crippen molar-refractivity contribution in [1.82, 2.24) is 14.5 Å². The number of nitrogens with one attached hydrogen (secondary N) is 1. The minimum atomic E-state index is -4.90. The van der Waals surface area contributed by atoms with Crippen LogP contribution < -0.4 is 10.1 Å². The highest BCUT2D eigenvalue weighted by atomic mass is 19.4. The first-order chi connectivity index (χ1) is 16.2. The summed E-state index contributed by atoms with van der Waals surface area (Å²) in [5, 5.41) is 2.54. The number of imidazole rings is 1. The van der Waals surface area contributed by atoms with E-state index in [4.69, 9.17) is 0 Å². The number of anilines is 1. The standard InChI is InChI=1S/C22H24F6N4O3/c1-13-18(32(12-29-13)11-21(23,24)25)30-19(33)14-5-3-7-16(9-14)31(2)20(34)15-6-4-8-17(10-15)35-22(26,27)28/h4,6,8,10,12,14,16H,3,5,7,9,11H2,1-2H3,(H,30,33). The number of benzene rings is 1. The van der Waals surface area contributed by atoms with Crippen LogP contribution in [0.1, 0.15) is 41.7 Å². The van der Waals surface area contributed by atoms with Crippen LogP contribution in [0.15, 0.2) is 30.6 Å². The molecule has 0 saturated heterocycles. The van der Waals surface area contributed by atoms with Crippen molar-refractivity contribution < 1.29 is 40.7 Å². The molecule has 3 rings (SSSR count). The first-order valence-corrected chi connectivity index (χ1v) is 10.8. The molecule has 0 spiro atoms. The van der Waals surface area contributed by atoms with Gasteiger partial charge >= 0.3 is 12.5 Å². The fourth-order valence-corrected chi connectivity index (χ4v) is 4.13. The normalized spacial score (nSPS) is 18.7. The van der Waals surface area contributed by atoms with Crippen molar-refractivity contribution in [2.45, 2.75) is 57.7 Å². The molecule has 35 heavy (non-hydrogen) atoms. The third-order valence-corrected chi connectivity index (χ3v) is 5.81. The molecule has 2 unspecified atom stereocenters. The van der Waals surface area contributed by atoms with Gasteiger partial charge in [-0.25, -0.2) is 4.98 Å². The van der Waals surface area contributed by atoms with Crippen LogP contribution in [-0.2, 0) is 11.3 Å². The van der Waals surface area contributed by atoms with E-state index < -0.39 is 42.6 Å². The largest absolute Gasteiger partial charge is 0.573 e. The number of amides is 2. The summed E-state index contributed by atoms with van der Waals surface area (Å²) in [7, 11) is 1.49. The lowest BCUT2D eigenvalue weighted by molar-refractivity contribution is -0.274. The van der Waals surface area contributed by atoms with Crippen molar-refractivity contribution in [3.8, 4) is 5.75 Å². The minimum absolute atomic E-state index is 0.00694. The van der Waals surface area contributed by atoms with Gasteiger partial charge in [-0.1, -0.05) is 12.5 Å². The Kier molecular flexibility index (Phi) is 7.65. The predicted molar refractivity (Wildman–Crippen MR) is 113 cm³/mol. The summed E-state index contributed by atoms with van der Waals surface area (Å²) in [6.07, 6.45) is -6.51. The molecule has 1 N–H and O–H groups in total. The number of aryl methyl sites for hydroxylation is 1. The molecule has 1 aromatic heterocycles. The molecule has 1 saturated carbocycles. The molecule has 1 aromatic carbocycles. The summed E-state index contributed by atoms with van der Waals surface area (Å²) in [4.78, 5) is 31.0. The summed E-state index contributed by atoms with van der Waals surface area (Å²) < 4.78 is 80.6. The van der Waals surface area contributed by atoms with Crippen LogP contribution in [0, 0.1) is 12.8 Å². The molecule has 1 fully saturated rings. The third-order valence-electron chi connectivity index (χ3n) is 5.81. The van der Waals surface area contributed by atoms with E-state index in [1.54, 1.807) is 0 Å². The zero-order valence-electron chi connectivity index (χ0n) is 18.9. The van der Waals surface area contributed by atoms with Gasteiger partial charge < -0.3 is 19.5 Å². The molecule has 7 nitrogen and oxygen atoms in total. The summed E-state index contributed by atoms with van der Waals surface area (Å²) in [6.45, 7) is 0.181. The highest BCUT2D eigenvalue weighted by molar-refractivity contribution is 5.95. The van der Waals surface area contributed by atoms with E-state index in [1.807, 2.05) is 0 Å². The second-order valence-corrected chi connectivity index (χ2v) is 8.42. The Morgan fingerprint density at radius 1 is 1.20 bits per heavy atom. The molecular formula is C22H24F6N4O3. The van der Waals surface area contributed by atoms with E-state index in [-0.39, 0.29) is 29.5 Å².